The van der Waals surface area contributed by atoms with Gasteiger partial charge >= 0.3 is 5.97 Å². The number of hydrogen-bond acceptors (Lipinski definition) is 3. The quantitative estimate of drug-likeness (QED) is 0.376. The number of hydrogen-bond donors (Lipinski definition) is 0. The van der Waals surface area contributed by atoms with Crippen molar-refractivity contribution in [3.63, 3.8) is 0 Å². The van der Waals surface area contributed by atoms with Crippen molar-refractivity contribution in [3.05, 3.63) is 0 Å². The van der Waals surface area contributed by atoms with Gasteiger partial charge in [0.25, 0.3) is 6.04 Å². The van der Waals surface area contributed by atoms with Crippen LogP contribution in [0.5, 0.6) is 0 Å². The normalized spacial score (nSPS) is 8.00. The molecule has 12 heavy (non-hydrogen) atoms. The zero-order valence-electron chi connectivity index (χ0n) is 7.72. The highest BCUT2D eigenvalue weighted by Gasteiger charge is 1.88. The first-order valence-electron chi connectivity index (χ1n) is 3.80. The molecule has 0 amide bonds. The molecule has 0 saturated carbocycles. The van der Waals surface area contributed by atoms with Gasteiger partial charge in [-0.2, -0.15) is 4.39 Å². The summed E-state index contributed by atoms with van der Waals surface area (Å²) in [5.41, 5.74) is 0. The molecule has 0 aromatic carbocycles. The molecule has 0 aliphatic carbocycles. The maximum Gasteiger partial charge on any atom is 0.302 e. The number of carbonyl (C=O) groups excluding carboxylic acids is 2. The monoisotopic (exact) mass is 178 g/mol. The Hall–Kier alpha value is -0.930. The Kier molecular flexibility index (Phi) is 11.5. The van der Waals surface area contributed by atoms with Gasteiger partial charge in [-0.25, -0.2) is 0 Å². The fourth-order valence-electron chi connectivity index (χ4n) is 0.360. The van der Waals surface area contributed by atoms with Gasteiger partial charge in [-0.15, -0.1) is 0 Å². The van der Waals surface area contributed by atoms with Gasteiger partial charge in [-0.3, -0.25) is 9.59 Å². The molecule has 0 aliphatic heterocycles. The van der Waals surface area contributed by atoms with E-state index in [0.717, 1.165) is 19.8 Å². The summed E-state index contributed by atoms with van der Waals surface area (Å²) in [6, 6.07) is -1.33. The van der Waals surface area contributed by atoms with Crippen molar-refractivity contribution in [2.45, 2.75) is 33.6 Å². The van der Waals surface area contributed by atoms with E-state index in [1.807, 2.05) is 0 Å². The Bertz CT molecular complexity index is 130. The van der Waals surface area contributed by atoms with Gasteiger partial charge in [0.1, 0.15) is 0 Å². The highest BCUT2D eigenvalue weighted by molar-refractivity contribution is 5.65. The van der Waals surface area contributed by atoms with Gasteiger partial charge in [0.15, 0.2) is 0 Å². The molecule has 0 bridgehead atoms. The van der Waals surface area contributed by atoms with Crippen molar-refractivity contribution in [1.29, 1.82) is 0 Å². The smallest absolute Gasteiger partial charge is 0.302 e. The van der Waals surface area contributed by atoms with Crippen molar-refractivity contribution in [2.75, 3.05) is 6.61 Å². The summed E-state index contributed by atoms with van der Waals surface area (Å²) < 4.78 is 15.0. The van der Waals surface area contributed by atoms with Crippen LogP contribution in [0.2, 0.25) is 0 Å². The third kappa shape index (κ3) is 35.7. The van der Waals surface area contributed by atoms with Crippen molar-refractivity contribution >= 4 is 12.0 Å². The molecular formula is C8H15FO3. The lowest BCUT2D eigenvalue weighted by Gasteiger charge is -1.96. The molecule has 0 fully saturated rings. The molecule has 0 radical (unpaired) electrons. The van der Waals surface area contributed by atoms with E-state index in [-0.39, 0.29) is 5.97 Å². The van der Waals surface area contributed by atoms with E-state index in [9.17, 15) is 9.18 Å². The zero-order chi connectivity index (χ0) is 9.98. The summed E-state index contributed by atoms with van der Waals surface area (Å²) in [6.07, 6.45) is 2.05. The first kappa shape index (κ1) is 13.6. The van der Waals surface area contributed by atoms with E-state index in [2.05, 4.69) is 11.7 Å². The van der Waals surface area contributed by atoms with Crippen LogP contribution in [0.1, 0.15) is 33.6 Å². The van der Waals surface area contributed by atoms with E-state index in [4.69, 9.17) is 4.79 Å². The zero-order valence-corrected chi connectivity index (χ0v) is 7.72. The molecule has 0 spiro atoms. The van der Waals surface area contributed by atoms with Gasteiger partial charge in [-0.1, -0.05) is 13.3 Å². The van der Waals surface area contributed by atoms with Crippen LogP contribution in [0, 0.1) is 0 Å². The SMILES string of the molecule is CC(=O)F.CCCCOC(C)=O. The molecule has 3 nitrogen and oxygen atoms in total. The van der Waals surface area contributed by atoms with Crippen LogP contribution < -0.4 is 0 Å². The van der Waals surface area contributed by atoms with Crippen LogP contribution in [0.25, 0.3) is 0 Å². The van der Waals surface area contributed by atoms with Gasteiger partial charge in [0.05, 0.1) is 6.61 Å². The van der Waals surface area contributed by atoms with Gasteiger partial charge in [0, 0.05) is 13.8 Å². The highest BCUT2D eigenvalue weighted by atomic mass is 19.1. The molecule has 0 heterocycles. The predicted molar refractivity (Wildman–Crippen MR) is 43.3 cm³/mol. The molecule has 0 aliphatic rings. The van der Waals surface area contributed by atoms with Crippen LogP contribution in [-0.2, 0) is 14.3 Å². The molecule has 72 valence electrons. The molecule has 0 rings (SSSR count). The minimum absolute atomic E-state index is 0.182. The maximum absolute atomic E-state index is 10.4. The second-order valence-electron chi connectivity index (χ2n) is 2.16. The topological polar surface area (TPSA) is 43.4 Å². The summed E-state index contributed by atoms with van der Waals surface area (Å²) in [7, 11) is 0. The first-order chi connectivity index (χ1) is 5.50. The Balaban J connectivity index is 0. The average molecular weight is 178 g/mol. The summed E-state index contributed by atoms with van der Waals surface area (Å²) in [5, 5.41) is 0. The molecule has 0 aromatic rings. The lowest BCUT2D eigenvalue weighted by molar-refractivity contribution is -0.141. The van der Waals surface area contributed by atoms with Crippen LogP contribution in [-0.4, -0.2) is 18.6 Å². The summed E-state index contributed by atoms with van der Waals surface area (Å²) in [6.45, 7) is 4.92. The molecule has 0 aromatic heterocycles. The van der Waals surface area contributed by atoms with Gasteiger partial charge < -0.3 is 4.74 Å². The van der Waals surface area contributed by atoms with E-state index in [0.29, 0.717) is 6.61 Å². The molecule has 0 unspecified atom stereocenters. The van der Waals surface area contributed by atoms with Gasteiger partial charge in [0.2, 0.25) is 0 Å². The number of halogens is 1. The third-order valence-corrected chi connectivity index (χ3v) is 0.803. The Morgan fingerprint density at radius 2 is 1.75 bits per heavy atom. The number of carbonyl (C=O) groups is 2. The number of unbranched alkanes of at least 4 members (excludes halogenated alkanes) is 1. The number of rotatable bonds is 3. The van der Waals surface area contributed by atoms with E-state index in [1.54, 1.807) is 0 Å². The Morgan fingerprint density at radius 3 is 2.00 bits per heavy atom. The maximum atomic E-state index is 10.4. The van der Waals surface area contributed by atoms with E-state index >= 15 is 0 Å². The van der Waals surface area contributed by atoms with Gasteiger partial charge in [-0.05, 0) is 6.42 Å². The Morgan fingerprint density at radius 1 is 1.33 bits per heavy atom. The van der Waals surface area contributed by atoms with Crippen LogP contribution in [0.4, 0.5) is 4.39 Å². The molecule has 4 heteroatoms. The van der Waals surface area contributed by atoms with Crippen LogP contribution >= 0.6 is 0 Å². The minimum Gasteiger partial charge on any atom is -0.466 e. The largest absolute Gasteiger partial charge is 0.466 e. The Labute approximate surface area is 71.9 Å². The fraction of sp³-hybridized carbons (Fsp3) is 0.750. The second-order valence-corrected chi connectivity index (χ2v) is 2.16. The van der Waals surface area contributed by atoms with Crippen molar-refractivity contribution < 1.29 is 18.7 Å². The minimum atomic E-state index is -1.33. The third-order valence-electron chi connectivity index (χ3n) is 0.803. The summed E-state index contributed by atoms with van der Waals surface area (Å²) >= 11 is 0. The first-order valence-corrected chi connectivity index (χ1v) is 3.80. The second kappa shape index (κ2) is 10.1. The number of ether oxygens (including phenoxy) is 1. The lowest BCUT2D eigenvalue weighted by atomic mass is 10.4. The summed E-state index contributed by atoms with van der Waals surface area (Å²) in [4.78, 5) is 18.9. The van der Waals surface area contributed by atoms with Crippen LogP contribution in [0.3, 0.4) is 0 Å². The van der Waals surface area contributed by atoms with Crippen molar-refractivity contribution in [2.24, 2.45) is 0 Å². The molecule has 0 atom stereocenters. The molecule has 0 saturated heterocycles. The molecular weight excluding hydrogens is 163 g/mol. The summed E-state index contributed by atoms with van der Waals surface area (Å²) in [5.74, 6) is -0.182. The molecule has 0 N–H and O–H groups in total. The van der Waals surface area contributed by atoms with Crippen LogP contribution in [0.15, 0.2) is 0 Å². The average Bonchev–Trinajstić information content (AvgIpc) is 1.86. The van der Waals surface area contributed by atoms with Crippen molar-refractivity contribution in [3.8, 4) is 0 Å². The standard InChI is InChI=1S/C6H12O2.C2H3FO/c1-3-4-5-8-6(2)7;1-2(3)4/h3-5H2,1-2H3;1H3. The number of esters is 1. The highest BCUT2D eigenvalue weighted by Crippen LogP contribution is 1.86. The van der Waals surface area contributed by atoms with E-state index in [1.165, 1.54) is 6.92 Å². The van der Waals surface area contributed by atoms with E-state index < -0.39 is 6.04 Å². The lowest BCUT2D eigenvalue weighted by Crippen LogP contribution is -1.99. The predicted octanol–water partition coefficient (Wildman–Crippen LogP) is 1.85. The fourth-order valence-corrected chi connectivity index (χ4v) is 0.360. The van der Waals surface area contributed by atoms with Crippen molar-refractivity contribution in [1.82, 2.24) is 0 Å².